The number of benzene rings is 14. The first-order chi connectivity index (χ1) is 51.3. The summed E-state index contributed by atoms with van der Waals surface area (Å²) in [5.74, 6) is 3.10. The van der Waals surface area contributed by atoms with Crippen molar-refractivity contribution in [3.8, 4) is 112 Å². The highest BCUT2D eigenvalue weighted by atomic mass is 15.3. The predicted molar refractivity (Wildman–Crippen MR) is 429 cm³/mol. The topological polar surface area (TPSA) is 70.9 Å². The van der Waals surface area contributed by atoms with E-state index in [1.54, 1.807) is 0 Å². The van der Waals surface area contributed by atoms with E-state index < -0.39 is 5.41 Å². The number of aromatic nitrogens is 5. The lowest BCUT2D eigenvalue weighted by Gasteiger charge is -2.30. The molecule has 0 unspecified atom stereocenters. The van der Waals surface area contributed by atoms with Crippen molar-refractivity contribution >= 4 is 46.7 Å². The Bertz CT molecular complexity index is 5840. The fraction of sp³-hybridized carbons (Fsp3) is 0.0206. The zero-order valence-corrected chi connectivity index (χ0v) is 57.2. The molecule has 490 valence electrons. The average Bonchev–Trinajstić information content (AvgIpc) is 1.51. The summed E-state index contributed by atoms with van der Waals surface area (Å²) in [4.78, 5) is 30.9. The Morgan fingerprint density at radius 1 is 0.260 bits per heavy atom. The maximum Gasteiger partial charge on any atom is 0.238 e. The van der Waals surface area contributed by atoms with Crippen LogP contribution in [0.3, 0.4) is 0 Å². The highest BCUT2D eigenvalue weighted by Crippen LogP contribution is 2.63. The SMILES string of the molecule is C=Cc1cccc(-c2ccc(N(c3ccc(-c4ccc5c(c4)-c4cc(-c6ccc(N(c7ccc(-c8cccc(C=C)c8)cc7)c7nc(-c8ccccc8)nc(-c8ccccc8)c7C)cc6)ccc4C54c5ccccc5-c5ccccc54)cc3)c3nc(-c4ccccc4)nc(-c4ccccc4)n3)cc2)c1. The highest BCUT2D eigenvalue weighted by Gasteiger charge is 2.51. The first kappa shape index (κ1) is 62.5. The van der Waals surface area contributed by atoms with Crippen molar-refractivity contribution in [2.45, 2.75) is 12.3 Å². The maximum atomic E-state index is 5.49. The monoisotopic (exact) mass is 1330 g/mol. The molecular weight excluding hydrogens is 1260 g/mol. The molecule has 2 aromatic heterocycles. The van der Waals surface area contributed by atoms with E-state index in [9.17, 15) is 0 Å². The van der Waals surface area contributed by atoms with Gasteiger partial charge in [0.2, 0.25) is 5.95 Å². The second kappa shape index (κ2) is 26.4. The van der Waals surface area contributed by atoms with Crippen LogP contribution in [0.1, 0.15) is 38.9 Å². The molecule has 0 bridgehead atoms. The normalized spacial score (nSPS) is 12.0. The fourth-order valence-corrected chi connectivity index (χ4v) is 15.4. The molecule has 0 fully saturated rings. The summed E-state index contributed by atoms with van der Waals surface area (Å²) in [5, 5.41) is 0. The lowest BCUT2D eigenvalue weighted by atomic mass is 9.70. The number of rotatable bonds is 16. The molecule has 7 heteroatoms. The van der Waals surface area contributed by atoms with E-state index in [1.165, 1.54) is 44.5 Å². The highest BCUT2D eigenvalue weighted by molar-refractivity contribution is 5.98. The van der Waals surface area contributed by atoms with Gasteiger partial charge in [-0.1, -0.05) is 304 Å². The van der Waals surface area contributed by atoms with Gasteiger partial charge in [-0.05, 0) is 180 Å². The third-order valence-corrected chi connectivity index (χ3v) is 20.5. The third-order valence-electron chi connectivity index (χ3n) is 20.5. The summed E-state index contributed by atoms with van der Waals surface area (Å²) >= 11 is 0. The Morgan fingerprint density at radius 3 is 0.990 bits per heavy atom. The van der Waals surface area contributed by atoms with Crippen molar-refractivity contribution in [3.63, 3.8) is 0 Å². The lowest BCUT2D eigenvalue weighted by molar-refractivity contribution is 0.794. The molecule has 0 saturated heterocycles. The van der Waals surface area contributed by atoms with Gasteiger partial charge in [-0.25, -0.2) is 15.0 Å². The molecule has 0 saturated carbocycles. The van der Waals surface area contributed by atoms with Crippen LogP contribution < -0.4 is 9.80 Å². The predicted octanol–water partition coefficient (Wildman–Crippen LogP) is 24.9. The molecule has 1 spiro atoms. The average molecular weight is 1330 g/mol. The molecule has 14 aromatic carbocycles. The Balaban J connectivity index is 0.757. The quantitative estimate of drug-likeness (QED) is 0.0954. The van der Waals surface area contributed by atoms with Gasteiger partial charge in [-0.2, -0.15) is 9.97 Å². The van der Waals surface area contributed by atoms with Gasteiger partial charge in [0.05, 0.1) is 11.1 Å². The molecule has 2 aliphatic rings. The smallest absolute Gasteiger partial charge is 0.238 e. The zero-order chi connectivity index (χ0) is 69.7. The van der Waals surface area contributed by atoms with Crippen molar-refractivity contribution < 1.29 is 0 Å². The number of hydrogen-bond acceptors (Lipinski definition) is 7. The van der Waals surface area contributed by atoms with E-state index in [-0.39, 0.29) is 0 Å². The standard InChI is InChI=1S/C97H67N7/c1-4-65-24-22-34-75(60-65)67-40-50-79(51-41-67)103(95-64(3)91(71-26-10-6-11-27-71)98-92(100-95)72-28-12-7-13-29-72)80-52-42-69(43-53-80)77-48-58-89-85(62-77)86-63-78(49-59-90(86)97(89)87-38-20-18-36-83(87)84-37-19-21-39-88(84)97)70-46-56-82(57-47-70)104(81-54-44-68(45-55-81)76-35-23-25-66(5-2)61-76)96-101-93(73-30-14-8-15-31-73)99-94(102-96)74-32-16-9-17-33-74/h4-63H,1-2H2,3H3. The van der Waals surface area contributed by atoms with E-state index in [1.807, 2.05) is 97.1 Å². The Kier molecular flexibility index (Phi) is 15.9. The molecule has 0 aliphatic heterocycles. The van der Waals surface area contributed by atoms with Crippen LogP contribution in [-0.2, 0) is 5.41 Å². The third kappa shape index (κ3) is 11.1. The van der Waals surface area contributed by atoms with E-state index in [0.29, 0.717) is 23.4 Å². The first-order valence-electron chi connectivity index (χ1n) is 35.2. The van der Waals surface area contributed by atoms with E-state index >= 15 is 0 Å². The van der Waals surface area contributed by atoms with Crippen LogP contribution in [0.5, 0.6) is 0 Å². The summed E-state index contributed by atoms with van der Waals surface area (Å²) in [7, 11) is 0. The largest absolute Gasteiger partial charge is 0.295 e. The Morgan fingerprint density at radius 2 is 0.587 bits per heavy atom. The van der Waals surface area contributed by atoms with Crippen LogP contribution in [0.4, 0.5) is 34.5 Å². The van der Waals surface area contributed by atoms with Gasteiger partial charge in [-0.15, -0.1) is 0 Å². The maximum absolute atomic E-state index is 5.49. The van der Waals surface area contributed by atoms with E-state index in [0.717, 1.165) is 118 Å². The molecule has 16 aromatic rings. The minimum absolute atomic E-state index is 0.499. The van der Waals surface area contributed by atoms with Crippen molar-refractivity contribution in [2.75, 3.05) is 9.80 Å². The van der Waals surface area contributed by atoms with Crippen LogP contribution >= 0.6 is 0 Å². The van der Waals surface area contributed by atoms with Gasteiger partial charge in [0.1, 0.15) is 5.82 Å². The van der Waals surface area contributed by atoms with E-state index in [2.05, 4.69) is 297 Å². The van der Waals surface area contributed by atoms with Crippen LogP contribution in [0, 0.1) is 6.92 Å². The second-order valence-electron chi connectivity index (χ2n) is 26.5. The molecule has 2 aliphatic carbocycles. The van der Waals surface area contributed by atoms with Crippen LogP contribution in [0.2, 0.25) is 0 Å². The molecule has 2 heterocycles. The summed E-state index contributed by atoms with van der Waals surface area (Å²) in [6.45, 7) is 10.2. The van der Waals surface area contributed by atoms with Gasteiger partial charge in [-0.3, -0.25) is 9.80 Å². The number of nitrogens with zero attached hydrogens (tertiary/aromatic N) is 7. The fourth-order valence-electron chi connectivity index (χ4n) is 15.4. The number of anilines is 6. The number of fused-ring (bicyclic) bond motifs is 10. The zero-order valence-electron chi connectivity index (χ0n) is 57.2. The van der Waals surface area contributed by atoms with Crippen molar-refractivity contribution in [3.05, 3.63) is 404 Å². The Hall–Kier alpha value is -13.8. The van der Waals surface area contributed by atoms with Gasteiger partial charge in [0.15, 0.2) is 17.5 Å². The molecule has 0 N–H and O–H groups in total. The summed E-state index contributed by atoms with van der Waals surface area (Å²) < 4.78 is 0. The van der Waals surface area contributed by atoms with Gasteiger partial charge >= 0.3 is 0 Å². The first-order valence-corrected chi connectivity index (χ1v) is 35.2. The summed E-state index contributed by atoms with van der Waals surface area (Å²) in [5.41, 5.74) is 29.8. The molecule has 0 atom stereocenters. The van der Waals surface area contributed by atoms with Gasteiger partial charge in [0, 0.05) is 50.6 Å². The van der Waals surface area contributed by atoms with Gasteiger partial charge in [0.25, 0.3) is 0 Å². The number of hydrogen-bond donors (Lipinski definition) is 0. The van der Waals surface area contributed by atoms with Gasteiger partial charge < -0.3 is 0 Å². The van der Waals surface area contributed by atoms with E-state index in [4.69, 9.17) is 24.9 Å². The minimum atomic E-state index is -0.550. The molecular formula is C97H67N7. The molecule has 7 nitrogen and oxygen atoms in total. The van der Waals surface area contributed by atoms with Crippen molar-refractivity contribution in [1.29, 1.82) is 0 Å². The molecule has 0 radical (unpaired) electrons. The Labute approximate surface area is 606 Å². The van der Waals surface area contributed by atoms with Crippen LogP contribution in [0.15, 0.2) is 365 Å². The lowest BCUT2D eigenvalue weighted by Crippen LogP contribution is -2.25. The molecule has 18 rings (SSSR count). The molecule has 104 heavy (non-hydrogen) atoms. The van der Waals surface area contributed by atoms with Crippen molar-refractivity contribution in [1.82, 2.24) is 24.9 Å². The summed E-state index contributed by atoms with van der Waals surface area (Å²) in [6.07, 6.45) is 3.77. The summed E-state index contributed by atoms with van der Waals surface area (Å²) in [6, 6.07) is 126. The minimum Gasteiger partial charge on any atom is -0.295 e. The molecule has 0 amide bonds. The second-order valence-corrected chi connectivity index (χ2v) is 26.5. The van der Waals surface area contributed by atoms with Crippen molar-refractivity contribution in [2.24, 2.45) is 0 Å². The van der Waals surface area contributed by atoms with Crippen LogP contribution in [-0.4, -0.2) is 24.9 Å². The van der Waals surface area contributed by atoms with Crippen LogP contribution in [0.25, 0.3) is 124 Å².